The molecule has 55 heavy (non-hydrogen) atoms. The molecule has 1 saturated heterocycles. The highest BCUT2D eigenvalue weighted by Gasteiger charge is 2.36. The first-order valence-corrected chi connectivity index (χ1v) is 17.7. The lowest BCUT2D eigenvalue weighted by Gasteiger charge is -2.26. The number of H-pyrrole nitrogens is 1. The molecule has 0 unspecified atom stereocenters. The summed E-state index contributed by atoms with van der Waals surface area (Å²) in [6.07, 6.45) is 7.55. The summed E-state index contributed by atoms with van der Waals surface area (Å²) in [5.41, 5.74) is -1.42. The molecule has 1 aliphatic heterocycles. The first-order chi connectivity index (χ1) is 26.1. The summed E-state index contributed by atoms with van der Waals surface area (Å²) < 4.78 is 31.5. The topological polar surface area (TPSA) is 267 Å². The van der Waals surface area contributed by atoms with E-state index in [-0.39, 0.29) is 46.9 Å². The van der Waals surface area contributed by atoms with Gasteiger partial charge in [-0.2, -0.15) is 8.42 Å². The van der Waals surface area contributed by atoms with Crippen LogP contribution in [0.2, 0.25) is 0 Å². The van der Waals surface area contributed by atoms with E-state index in [1.54, 1.807) is 18.2 Å². The molecule has 1 fully saturated rings. The van der Waals surface area contributed by atoms with Gasteiger partial charge in [0.25, 0.3) is 27.5 Å². The van der Waals surface area contributed by atoms with Gasteiger partial charge in [-0.05, 0) is 78.2 Å². The number of pyridine rings is 1. The molecular formula is C36H31N7O11S. The van der Waals surface area contributed by atoms with E-state index in [0.29, 0.717) is 16.2 Å². The number of amides is 6. The van der Waals surface area contributed by atoms with Crippen molar-refractivity contribution in [1.82, 2.24) is 19.9 Å². The highest BCUT2D eigenvalue weighted by molar-refractivity contribution is 7.85. The number of hydrogen-bond acceptors (Lipinski definition) is 11. The molecule has 0 radical (unpaired) electrons. The van der Waals surface area contributed by atoms with Crippen LogP contribution >= 0.6 is 0 Å². The monoisotopic (exact) mass is 769 g/mol. The van der Waals surface area contributed by atoms with Crippen LogP contribution in [0.5, 0.6) is 5.88 Å². The Hall–Kier alpha value is -7.25. The molecule has 2 aromatic heterocycles. The van der Waals surface area contributed by atoms with Crippen LogP contribution in [0.3, 0.4) is 0 Å². The minimum atomic E-state index is -4.26. The maximum atomic E-state index is 13.6. The molecule has 282 valence electrons. The van der Waals surface area contributed by atoms with Crippen LogP contribution in [0.25, 0.3) is 17.3 Å². The zero-order valence-corrected chi connectivity index (χ0v) is 29.5. The number of aromatic hydroxyl groups is 1. The standard InChI is InChI=1S/C36H31N7O11S/c1-21(44)38-24-5-2-7-26(19-24)42-33(48)28(31(46)40-35(42)50)12-10-22(23-14-16-37-17-15-23)11-13-29-32(47)41-36(51)43(34(29)49)27-8-3-6-25(20-27)39-30(45)9-4-18-55(52,53)54/h2-3,5-8,10-17,19-20,46H,4,9,18H2,1H3,(H,38,44)(H,39,45)(H,40,50)(H,41,47,51)(H,52,53,54)/b12-10?,22-11?,29-13+. The van der Waals surface area contributed by atoms with Crippen molar-refractivity contribution in [2.24, 2.45) is 0 Å². The number of hydrogen-bond donors (Lipinski definition) is 6. The molecule has 0 atom stereocenters. The van der Waals surface area contributed by atoms with Gasteiger partial charge in [0.15, 0.2) is 0 Å². The average Bonchev–Trinajstić information content (AvgIpc) is 3.10. The number of aromatic nitrogens is 3. The van der Waals surface area contributed by atoms with Crippen molar-refractivity contribution >= 4 is 68.5 Å². The Morgan fingerprint density at radius 3 is 2.25 bits per heavy atom. The minimum absolute atomic E-state index is 0.0256. The highest BCUT2D eigenvalue weighted by atomic mass is 32.2. The number of barbiturate groups is 1. The Bertz CT molecular complexity index is 2540. The van der Waals surface area contributed by atoms with Crippen LogP contribution in [0, 0.1) is 0 Å². The second-order valence-corrected chi connectivity index (χ2v) is 13.3. The number of anilines is 3. The quantitative estimate of drug-likeness (QED) is 0.0525. The summed E-state index contributed by atoms with van der Waals surface area (Å²) in [5, 5.41) is 17.8. The van der Waals surface area contributed by atoms with Crippen molar-refractivity contribution in [2.45, 2.75) is 19.8 Å². The zero-order valence-electron chi connectivity index (χ0n) is 28.7. The molecule has 2 aromatic carbocycles. The first-order valence-electron chi connectivity index (χ1n) is 16.1. The van der Waals surface area contributed by atoms with Gasteiger partial charge in [-0.15, -0.1) is 0 Å². The van der Waals surface area contributed by atoms with E-state index < -0.39 is 62.3 Å². The van der Waals surface area contributed by atoms with Gasteiger partial charge in [-0.3, -0.25) is 43.8 Å². The van der Waals surface area contributed by atoms with Gasteiger partial charge in [0.05, 0.1) is 17.1 Å². The second kappa shape index (κ2) is 16.6. The van der Waals surface area contributed by atoms with E-state index in [1.807, 2.05) is 0 Å². The Labute approximate surface area is 311 Å². The molecule has 18 nitrogen and oxygen atoms in total. The number of aromatic amines is 1. The summed E-state index contributed by atoms with van der Waals surface area (Å²) in [6, 6.07) is 13.5. The normalized spacial score (nSPS) is 14.3. The fourth-order valence-corrected chi connectivity index (χ4v) is 5.77. The number of carbonyl (C=O) groups excluding carboxylic acids is 5. The number of nitrogens with zero attached hydrogens (tertiary/aromatic N) is 3. The molecule has 6 N–H and O–H groups in total. The molecule has 0 aliphatic carbocycles. The Kier molecular flexibility index (Phi) is 11.8. The predicted octanol–water partition coefficient (Wildman–Crippen LogP) is 2.50. The molecule has 4 aromatic rings. The van der Waals surface area contributed by atoms with Gasteiger partial charge >= 0.3 is 11.7 Å². The largest absolute Gasteiger partial charge is 0.494 e. The summed E-state index contributed by atoms with van der Waals surface area (Å²) in [5.74, 6) is -4.39. The fourth-order valence-electron chi connectivity index (χ4n) is 5.26. The Morgan fingerprint density at radius 1 is 0.927 bits per heavy atom. The predicted molar refractivity (Wildman–Crippen MR) is 200 cm³/mol. The molecule has 19 heteroatoms. The molecule has 0 saturated carbocycles. The third kappa shape index (κ3) is 9.80. The lowest BCUT2D eigenvalue weighted by atomic mass is 10.0. The average molecular weight is 770 g/mol. The molecule has 1 aliphatic rings. The lowest BCUT2D eigenvalue weighted by molar-refractivity contribution is -0.123. The van der Waals surface area contributed by atoms with E-state index in [0.717, 1.165) is 10.6 Å². The third-order valence-corrected chi connectivity index (χ3v) is 8.52. The van der Waals surface area contributed by atoms with Crippen molar-refractivity contribution in [1.29, 1.82) is 0 Å². The number of carbonyl (C=O) groups is 5. The molecule has 6 amide bonds. The van der Waals surface area contributed by atoms with E-state index in [9.17, 15) is 47.1 Å². The minimum Gasteiger partial charge on any atom is -0.494 e. The lowest BCUT2D eigenvalue weighted by Crippen LogP contribution is -2.54. The van der Waals surface area contributed by atoms with Crippen molar-refractivity contribution in [3.05, 3.63) is 129 Å². The van der Waals surface area contributed by atoms with Crippen molar-refractivity contribution in [3.63, 3.8) is 0 Å². The first kappa shape index (κ1) is 39.0. The van der Waals surface area contributed by atoms with Gasteiger partial charge in [-0.25, -0.2) is 19.1 Å². The van der Waals surface area contributed by atoms with E-state index >= 15 is 0 Å². The summed E-state index contributed by atoms with van der Waals surface area (Å²) in [7, 11) is -4.26. The summed E-state index contributed by atoms with van der Waals surface area (Å²) >= 11 is 0. The molecular weight excluding hydrogens is 739 g/mol. The van der Waals surface area contributed by atoms with Gasteiger partial charge in [0.1, 0.15) is 11.1 Å². The van der Waals surface area contributed by atoms with Gasteiger partial charge < -0.3 is 15.7 Å². The number of imide groups is 2. The number of rotatable bonds is 12. The summed E-state index contributed by atoms with van der Waals surface area (Å²) in [4.78, 5) is 96.5. The smallest absolute Gasteiger partial charge is 0.335 e. The number of urea groups is 1. The van der Waals surface area contributed by atoms with Crippen LogP contribution in [0.4, 0.5) is 21.9 Å². The fraction of sp³-hybridized carbons (Fsp3) is 0.111. The molecule has 0 spiro atoms. The molecule has 0 bridgehead atoms. The maximum Gasteiger partial charge on any atom is 0.335 e. The van der Waals surface area contributed by atoms with Crippen LogP contribution in [0.1, 0.15) is 30.9 Å². The second-order valence-electron chi connectivity index (χ2n) is 11.7. The molecule has 5 rings (SSSR count). The van der Waals surface area contributed by atoms with Crippen LogP contribution in [0.15, 0.2) is 106 Å². The van der Waals surface area contributed by atoms with Crippen molar-refractivity contribution in [3.8, 4) is 11.6 Å². The zero-order chi connectivity index (χ0) is 39.9. The SMILES string of the molecule is CC(=O)Nc1cccc(-n2c(=O)[nH]c(O)c(C=CC(=C/C=C3\C(=O)NC(=O)N(c4cccc(NC(=O)CCCS(=O)(=O)O)c4)C3=O)c3ccncc3)c2=O)c1. The number of benzene rings is 2. The van der Waals surface area contributed by atoms with E-state index in [1.165, 1.54) is 80.0 Å². The molecule has 3 heterocycles. The Morgan fingerprint density at radius 2 is 1.58 bits per heavy atom. The third-order valence-electron chi connectivity index (χ3n) is 7.71. The van der Waals surface area contributed by atoms with Crippen LogP contribution in [-0.4, -0.2) is 68.0 Å². The maximum absolute atomic E-state index is 13.6. The summed E-state index contributed by atoms with van der Waals surface area (Å²) in [6.45, 7) is 1.29. The highest BCUT2D eigenvalue weighted by Crippen LogP contribution is 2.25. The van der Waals surface area contributed by atoms with Crippen molar-refractivity contribution < 1.29 is 42.0 Å². The number of allylic oxidation sites excluding steroid dienone is 4. The van der Waals surface area contributed by atoms with Gasteiger partial charge in [0, 0.05) is 37.1 Å². The Balaban J connectivity index is 1.47. The van der Waals surface area contributed by atoms with Gasteiger partial charge in [0.2, 0.25) is 17.7 Å². The van der Waals surface area contributed by atoms with E-state index in [2.05, 4.69) is 25.9 Å². The number of nitrogens with one attached hydrogen (secondary N) is 4. The van der Waals surface area contributed by atoms with Crippen molar-refractivity contribution in [2.75, 3.05) is 21.3 Å². The van der Waals surface area contributed by atoms with Crippen LogP contribution in [-0.2, 0) is 29.3 Å². The van der Waals surface area contributed by atoms with Gasteiger partial charge in [-0.1, -0.05) is 24.3 Å². The van der Waals surface area contributed by atoms with E-state index in [4.69, 9.17) is 4.55 Å². The van der Waals surface area contributed by atoms with Crippen LogP contribution < -0.4 is 32.1 Å².